The Kier molecular flexibility index (Phi) is 5.33. The van der Waals surface area contributed by atoms with Crippen LogP contribution in [-0.2, 0) is 4.79 Å². The number of rotatable bonds is 6. The van der Waals surface area contributed by atoms with E-state index in [4.69, 9.17) is 9.84 Å². The lowest BCUT2D eigenvalue weighted by atomic mass is 10.1. The van der Waals surface area contributed by atoms with Crippen molar-refractivity contribution in [3.05, 3.63) is 35.3 Å². The van der Waals surface area contributed by atoms with Crippen LogP contribution in [0.15, 0.2) is 29.6 Å². The van der Waals surface area contributed by atoms with Gasteiger partial charge < -0.3 is 14.7 Å². The van der Waals surface area contributed by atoms with Gasteiger partial charge in [-0.2, -0.15) is 0 Å². The summed E-state index contributed by atoms with van der Waals surface area (Å²) < 4.78 is 5.43. The number of aliphatic carboxylic acids is 1. The highest BCUT2D eigenvalue weighted by Crippen LogP contribution is 2.28. The third-order valence-electron chi connectivity index (χ3n) is 4.18. The molecule has 1 aromatic heterocycles. The van der Waals surface area contributed by atoms with Gasteiger partial charge in [-0.25, -0.2) is 4.98 Å². The molecule has 6 nitrogen and oxygen atoms in total. The molecular formula is C18H20N2O4S. The van der Waals surface area contributed by atoms with Crippen molar-refractivity contribution < 1.29 is 19.4 Å². The van der Waals surface area contributed by atoms with Gasteiger partial charge in [-0.1, -0.05) is 0 Å². The molecule has 25 heavy (non-hydrogen) atoms. The monoisotopic (exact) mass is 360 g/mol. The number of carboxylic acids is 1. The van der Waals surface area contributed by atoms with Crippen LogP contribution in [0, 0.1) is 0 Å². The lowest BCUT2D eigenvalue weighted by Crippen LogP contribution is -2.37. The molecule has 2 aromatic rings. The number of hydrogen-bond acceptors (Lipinski definition) is 5. The molecule has 1 aliphatic rings. The minimum Gasteiger partial charge on any atom is -0.494 e. The minimum absolute atomic E-state index is 0.0123. The zero-order valence-electron chi connectivity index (χ0n) is 14.0. The highest BCUT2D eigenvalue weighted by Gasteiger charge is 2.32. The number of carboxylic acid groups (broad SMARTS) is 1. The van der Waals surface area contributed by atoms with Crippen molar-refractivity contribution in [3.8, 4) is 16.3 Å². The Morgan fingerprint density at radius 2 is 2.12 bits per heavy atom. The van der Waals surface area contributed by atoms with E-state index >= 15 is 0 Å². The zero-order valence-corrected chi connectivity index (χ0v) is 14.8. The number of amides is 1. The van der Waals surface area contributed by atoms with Crippen LogP contribution < -0.4 is 4.74 Å². The number of thiazole rings is 1. The molecule has 7 heteroatoms. The topological polar surface area (TPSA) is 79.7 Å². The number of hydrogen-bond donors (Lipinski definition) is 1. The first-order valence-corrected chi connectivity index (χ1v) is 9.18. The predicted octanol–water partition coefficient (Wildman–Crippen LogP) is 3.29. The van der Waals surface area contributed by atoms with Gasteiger partial charge in [-0.05, 0) is 44.0 Å². The maximum atomic E-state index is 12.7. The first-order valence-electron chi connectivity index (χ1n) is 8.30. The van der Waals surface area contributed by atoms with Crippen LogP contribution >= 0.6 is 11.3 Å². The molecule has 1 aliphatic heterocycles. The van der Waals surface area contributed by atoms with Gasteiger partial charge in [0.2, 0.25) is 0 Å². The van der Waals surface area contributed by atoms with E-state index in [9.17, 15) is 9.59 Å². The predicted molar refractivity (Wildman–Crippen MR) is 95.0 cm³/mol. The van der Waals surface area contributed by atoms with Crippen molar-refractivity contribution >= 4 is 23.2 Å². The van der Waals surface area contributed by atoms with Crippen molar-refractivity contribution in [1.29, 1.82) is 0 Å². The van der Waals surface area contributed by atoms with Gasteiger partial charge in [-0.3, -0.25) is 9.59 Å². The number of likely N-dealkylation sites (tertiary alicyclic amines) is 1. The van der Waals surface area contributed by atoms with E-state index in [2.05, 4.69) is 4.98 Å². The van der Waals surface area contributed by atoms with E-state index in [-0.39, 0.29) is 18.4 Å². The molecule has 1 aromatic carbocycles. The Labute approximate surface area is 150 Å². The second-order valence-electron chi connectivity index (χ2n) is 5.89. The smallest absolute Gasteiger partial charge is 0.305 e. The molecule has 1 N–H and O–H groups in total. The van der Waals surface area contributed by atoms with E-state index in [1.807, 2.05) is 31.2 Å². The summed E-state index contributed by atoms with van der Waals surface area (Å²) in [6.07, 6.45) is 1.55. The van der Waals surface area contributed by atoms with E-state index < -0.39 is 5.97 Å². The number of ether oxygens (including phenoxy) is 1. The van der Waals surface area contributed by atoms with Gasteiger partial charge in [0.25, 0.3) is 5.91 Å². The third-order valence-corrected chi connectivity index (χ3v) is 5.08. The van der Waals surface area contributed by atoms with Crippen molar-refractivity contribution in [2.45, 2.75) is 32.2 Å². The SMILES string of the molecule is CCOc1ccc(-c2nc(C(=O)N3CCCC3CC(=O)O)cs2)cc1. The molecule has 1 amide bonds. The molecule has 0 aliphatic carbocycles. The maximum absolute atomic E-state index is 12.7. The normalized spacial score (nSPS) is 16.8. The molecule has 1 unspecified atom stereocenters. The Morgan fingerprint density at radius 3 is 2.80 bits per heavy atom. The largest absolute Gasteiger partial charge is 0.494 e. The fraction of sp³-hybridized carbons (Fsp3) is 0.389. The lowest BCUT2D eigenvalue weighted by molar-refractivity contribution is -0.137. The number of nitrogens with zero attached hydrogens (tertiary/aromatic N) is 2. The highest BCUT2D eigenvalue weighted by molar-refractivity contribution is 7.13. The van der Waals surface area contributed by atoms with E-state index in [0.29, 0.717) is 18.8 Å². The van der Waals surface area contributed by atoms with Crippen LogP contribution in [0.5, 0.6) is 5.75 Å². The summed E-state index contributed by atoms with van der Waals surface area (Å²) >= 11 is 1.41. The summed E-state index contributed by atoms with van der Waals surface area (Å²) in [5.41, 5.74) is 1.31. The van der Waals surface area contributed by atoms with Crippen molar-refractivity contribution in [3.63, 3.8) is 0 Å². The Balaban J connectivity index is 1.74. The van der Waals surface area contributed by atoms with E-state index in [0.717, 1.165) is 29.2 Å². The molecule has 3 rings (SSSR count). The van der Waals surface area contributed by atoms with E-state index in [1.54, 1.807) is 10.3 Å². The summed E-state index contributed by atoms with van der Waals surface area (Å²) in [6.45, 7) is 3.14. The average molecular weight is 360 g/mol. The van der Waals surface area contributed by atoms with Gasteiger partial charge in [-0.15, -0.1) is 11.3 Å². The fourth-order valence-corrected chi connectivity index (χ4v) is 3.83. The number of aromatic nitrogens is 1. The molecule has 0 spiro atoms. The van der Waals surface area contributed by atoms with Crippen LogP contribution in [0.25, 0.3) is 10.6 Å². The average Bonchev–Trinajstić information content (AvgIpc) is 3.24. The van der Waals surface area contributed by atoms with Crippen molar-refractivity contribution in [1.82, 2.24) is 9.88 Å². The molecule has 0 bridgehead atoms. The zero-order chi connectivity index (χ0) is 17.8. The number of benzene rings is 1. The fourth-order valence-electron chi connectivity index (χ4n) is 3.03. The van der Waals surface area contributed by atoms with Gasteiger partial charge in [0.05, 0.1) is 13.0 Å². The summed E-state index contributed by atoms with van der Waals surface area (Å²) in [7, 11) is 0. The molecule has 1 fully saturated rings. The summed E-state index contributed by atoms with van der Waals surface area (Å²) in [6, 6.07) is 7.36. The summed E-state index contributed by atoms with van der Waals surface area (Å²) in [5, 5.41) is 11.5. The Morgan fingerprint density at radius 1 is 1.36 bits per heavy atom. The minimum atomic E-state index is -0.877. The van der Waals surface area contributed by atoms with Crippen LogP contribution in [0.1, 0.15) is 36.7 Å². The van der Waals surface area contributed by atoms with Gasteiger partial charge in [0.15, 0.2) is 0 Å². The molecule has 132 valence electrons. The molecule has 1 atom stereocenters. The number of carbonyl (C=O) groups is 2. The molecule has 0 radical (unpaired) electrons. The highest BCUT2D eigenvalue weighted by atomic mass is 32.1. The second-order valence-corrected chi connectivity index (χ2v) is 6.75. The number of carbonyl (C=O) groups excluding carboxylic acids is 1. The van der Waals surface area contributed by atoms with Gasteiger partial charge in [0.1, 0.15) is 16.5 Å². The van der Waals surface area contributed by atoms with Crippen molar-refractivity contribution in [2.75, 3.05) is 13.2 Å². The van der Waals surface area contributed by atoms with Crippen LogP contribution in [0.3, 0.4) is 0 Å². The Hall–Kier alpha value is -2.41. The lowest BCUT2D eigenvalue weighted by Gasteiger charge is -2.22. The molecule has 2 heterocycles. The summed E-state index contributed by atoms with van der Waals surface area (Å²) in [4.78, 5) is 29.7. The second kappa shape index (κ2) is 7.65. The standard InChI is InChI=1S/C18H20N2O4S/c1-2-24-14-7-5-12(6-8-14)17-19-15(11-25-17)18(23)20-9-3-4-13(20)10-16(21)22/h5-8,11,13H,2-4,9-10H2,1H3,(H,21,22). The Bertz CT molecular complexity index is 757. The first kappa shape index (κ1) is 17.4. The van der Waals surface area contributed by atoms with Gasteiger partial charge in [0, 0.05) is 23.5 Å². The molecule has 1 saturated heterocycles. The quantitative estimate of drug-likeness (QED) is 0.855. The molecular weight excluding hydrogens is 340 g/mol. The van der Waals surface area contributed by atoms with Crippen LogP contribution in [0.4, 0.5) is 0 Å². The third kappa shape index (κ3) is 3.99. The van der Waals surface area contributed by atoms with Crippen LogP contribution in [-0.4, -0.2) is 46.1 Å². The van der Waals surface area contributed by atoms with Crippen LogP contribution in [0.2, 0.25) is 0 Å². The maximum Gasteiger partial charge on any atom is 0.305 e. The first-order chi connectivity index (χ1) is 12.1. The van der Waals surface area contributed by atoms with E-state index in [1.165, 1.54) is 11.3 Å². The van der Waals surface area contributed by atoms with Gasteiger partial charge >= 0.3 is 5.97 Å². The summed E-state index contributed by atoms with van der Waals surface area (Å²) in [5.74, 6) is -0.261. The molecule has 0 saturated carbocycles. The van der Waals surface area contributed by atoms with Crippen molar-refractivity contribution in [2.24, 2.45) is 0 Å².